The lowest BCUT2D eigenvalue weighted by molar-refractivity contribution is 0.508. The number of rotatable bonds is 3. The first-order valence-corrected chi connectivity index (χ1v) is 6.37. The maximum atomic E-state index is 13.7. The summed E-state index contributed by atoms with van der Waals surface area (Å²) in [4.78, 5) is 2.51. The van der Waals surface area contributed by atoms with Gasteiger partial charge in [0.15, 0.2) is 11.6 Å². The zero-order valence-corrected chi connectivity index (χ0v) is 11.2. The van der Waals surface area contributed by atoms with Gasteiger partial charge in [0.05, 0.1) is 22.3 Å². The molecule has 0 aliphatic heterocycles. The van der Waals surface area contributed by atoms with E-state index in [-0.39, 0.29) is 11.4 Å². The third-order valence-electron chi connectivity index (χ3n) is 2.50. The molecule has 0 bridgehead atoms. The second-order valence-corrected chi connectivity index (χ2v) is 5.66. The van der Waals surface area contributed by atoms with Crippen LogP contribution < -0.4 is 10.6 Å². The predicted molar refractivity (Wildman–Crippen MR) is 72.2 cm³/mol. The van der Waals surface area contributed by atoms with Crippen LogP contribution in [0.5, 0.6) is 0 Å². The Morgan fingerprint density at radius 3 is 2.61 bits per heavy atom. The highest BCUT2D eigenvalue weighted by atomic mass is 35.5. The lowest BCUT2D eigenvalue weighted by atomic mass is 10.2. The predicted octanol–water partition coefficient (Wildman–Crippen LogP) is 3.90. The minimum Gasteiger partial charge on any atom is -0.397 e. The summed E-state index contributed by atoms with van der Waals surface area (Å²) in [5.74, 6) is -1.84. The van der Waals surface area contributed by atoms with Gasteiger partial charge in [0.25, 0.3) is 0 Å². The number of halogens is 3. The third kappa shape index (κ3) is 2.57. The molecule has 0 unspecified atom stereocenters. The Balaban J connectivity index is 2.28. The van der Waals surface area contributed by atoms with Gasteiger partial charge >= 0.3 is 0 Å². The van der Waals surface area contributed by atoms with Gasteiger partial charge in [-0.15, -0.1) is 11.3 Å². The van der Waals surface area contributed by atoms with Crippen molar-refractivity contribution in [3.05, 3.63) is 45.1 Å². The number of nitrogens with two attached hydrogens (primary N) is 1. The van der Waals surface area contributed by atoms with Gasteiger partial charge in [0.2, 0.25) is 0 Å². The van der Waals surface area contributed by atoms with E-state index in [4.69, 9.17) is 17.3 Å². The van der Waals surface area contributed by atoms with Crippen molar-refractivity contribution in [3.63, 3.8) is 0 Å². The number of hydrogen-bond acceptors (Lipinski definition) is 3. The Labute approximate surface area is 113 Å². The number of nitrogens with zero attached hydrogens (tertiary/aromatic N) is 1. The first kappa shape index (κ1) is 13.1. The van der Waals surface area contributed by atoms with Gasteiger partial charge in [0, 0.05) is 11.9 Å². The average Bonchev–Trinajstić information content (AvgIpc) is 2.70. The van der Waals surface area contributed by atoms with E-state index in [2.05, 4.69) is 0 Å². The lowest BCUT2D eigenvalue weighted by Crippen LogP contribution is -2.19. The third-order valence-corrected chi connectivity index (χ3v) is 3.72. The van der Waals surface area contributed by atoms with E-state index < -0.39 is 11.6 Å². The molecule has 0 aliphatic rings. The Kier molecular flexibility index (Phi) is 3.73. The Bertz CT molecular complexity index is 571. The summed E-state index contributed by atoms with van der Waals surface area (Å²) in [5, 5.41) is 0. The SMILES string of the molecule is CN(Cc1ccc(Cl)s1)c1c(N)ccc(F)c1F. The molecule has 0 aliphatic carbocycles. The number of thiophene rings is 1. The van der Waals surface area contributed by atoms with E-state index in [1.54, 1.807) is 18.0 Å². The maximum Gasteiger partial charge on any atom is 0.184 e. The molecule has 0 radical (unpaired) electrons. The van der Waals surface area contributed by atoms with Crippen molar-refractivity contribution >= 4 is 34.3 Å². The fourth-order valence-corrected chi connectivity index (χ4v) is 2.83. The molecular formula is C12H11ClF2N2S. The summed E-state index contributed by atoms with van der Waals surface area (Å²) in [6.07, 6.45) is 0. The van der Waals surface area contributed by atoms with E-state index in [1.807, 2.05) is 6.07 Å². The van der Waals surface area contributed by atoms with E-state index in [0.717, 1.165) is 10.9 Å². The highest BCUT2D eigenvalue weighted by Crippen LogP contribution is 2.30. The topological polar surface area (TPSA) is 29.3 Å². The summed E-state index contributed by atoms with van der Waals surface area (Å²) in [7, 11) is 1.65. The second-order valence-electron chi connectivity index (χ2n) is 3.86. The molecule has 1 heterocycles. The standard InChI is InChI=1S/C12H11ClF2N2S/c1-17(6-7-2-5-10(13)18-7)12-9(16)4-3-8(14)11(12)15/h2-5H,6,16H2,1H3. The zero-order chi connectivity index (χ0) is 13.3. The fourth-order valence-electron chi connectivity index (χ4n) is 1.69. The van der Waals surface area contributed by atoms with Gasteiger partial charge in [-0.1, -0.05) is 11.6 Å². The van der Waals surface area contributed by atoms with Crippen molar-refractivity contribution in [2.45, 2.75) is 6.54 Å². The van der Waals surface area contributed by atoms with Crippen molar-refractivity contribution in [3.8, 4) is 0 Å². The molecule has 0 saturated carbocycles. The highest BCUT2D eigenvalue weighted by Gasteiger charge is 2.16. The first-order valence-electron chi connectivity index (χ1n) is 5.18. The summed E-state index contributed by atoms with van der Waals surface area (Å²) < 4.78 is 27.5. The Hall–Kier alpha value is -1.33. The monoisotopic (exact) mass is 288 g/mol. The van der Waals surface area contributed by atoms with Crippen LogP contribution in [0.1, 0.15) is 4.88 Å². The number of anilines is 2. The zero-order valence-electron chi connectivity index (χ0n) is 9.58. The highest BCUT2D eigenvalue weighted by molar-refractivity contribution is 7.16. The molecule has 0 fully saturated rings. The molecule has 0 spiro atoms. The van der Waals surface area contributed by atoms with Crippen LogP contribution in [-0.2, 0) is 6.54 Å². The van der Waals surface area contributed by atoms with Gasteiger partial charge in [-0.05, 0) is 24.3 Å². The molecule has 0 saturated heterocycles. The van der Waals surface area contributed by atoms with Gasteiger partial charge < -0.3 is 10.6 Å². The molecule has 2 N–H and O–H groups in total. The fraction of sp³-hybridized carbons (Fsp3) is 0.167. The molecule has 18 heavy (non-hydrogen) atoms. The minimum absolute atomic E-state index is 0.0690. The normalized spacial score (nSPS) is 10.7. The quantitative estimate of drug-likeness (QED) is 0.868. The van der Waals surface area contributed by atoms with Crippen LogP contribution in [0.4, 0.5) is 20.2 Å². The molecule has 6 heteroatoms. The molecule has 1 aromatic heterocycles. The van der Waals surface area contributed by atoms with Gasteiger partial charge in [0.1, 0.15) is 0 Å². The van der Waals surface area contributed by atoms with Crippen LogP contribution in [0, 0.1) is 11.6 Å². The lowest BCUT2D eigenvalue weighted by Gasteiger charge is -2.21. The van der Waals surface area contributed by atoms with Crippen molar-refractivity contribution in [2.24, 2.45) is 0 Å². The molecule has 2 nitrogen and oxygen atoms in total. The van der Waals surface area contributed by atoms with Crippen molar-refractivity contribution < 1.29 is 8.78 Å². The largest absolute Gasteiger partial charge is 0.397 e. The first-order chi connectivity index (χ1) is 8.49. The van der Waals surface area contributed by atoms with Crippen molar-refractivity contribution in [2.75, 3.05) is 17.7 Å². The van der Waals surface area contributed by atoms with Gasteiger partial charge in [-0.25, -0.2) is 8.78 Å². The van der Waals surface area contributed by atoms with E-state index in [0.29, 0.717) is 10.9 Å². The van der Waals surface area contributed by atoms with Gasteiger partial charge in [-0.3, -0.25) is 0 Å². The summed E-state index contributed by atoms with van der Waals surface area (Å²) in [5.41, 5.74) is 5.96. The van der Waals surface area contributed by atoms with Crippen LogP contribution in [0.15, 0.2) is 24.3 Å². The summed E-state index contributed by atoms with van der Waals surface area (Å²) in [6.45, 7) is 0.419. The minimum atomic E-state index is -0.930. The molecule has 0 atom stereocenters. The summed E-state index contributed by atoms with van der Waals surface area (Å²) >= 11 is 7.21. The Morgan fingerprint density at radius 1 is 1.28 bits per heavy atom. The van der Waals surface area contributed by atoms with Crippen LogP contribution in [0.25, 0.3) is 0 Å². The molecule has 2 rings (SSSR count). The summed E-state index contributed by atoms with van der Waals surface area (Å²) in [6, 6.07) is 5.98. The smallest absolute Gasteiger partial charge is 0.184 e. The molecule has 1 aromatic carbocycles. The van der Waals surface area contributed by atoms with E-state index >= 15 is 0 Å². The van der Waals surface area contributed by atoms with Crippen molar-refractivity contribution in [1.29, 1.82) is 0 Å². The van der Waals surface area contributed by atoms with Crippen molar-refractivity contribution in [1.82, 2.24) is 0 Å². The number of nitrogen functional groups attached to an aromatic ring is 1. The molecular weight excluding hydrogens is 278 g/mol. The Morgan fingerprint density at radius 2 is 2.00 bits per heavy atom. The number of hydrogen-bond donors (Lipinski definition) is 1. The maximum absolute atomic E-state index is 13.7. The van der Waals surface area contributed by atoms with Crippen LogP contribution in [-0.4, -0.2) is 7.05 Å². The second kappa shape index (κ2) is 5.12. The van der Waals surface area contributed by atoms with Crippen LogP contribution >= 0.6 is 22.9 Å². The average molecular weight is 289 g/mol. The molecule has 96 valence electrons. The van der Waals surface area contributed by atoms with Gasteiger partial charge in [-0.2, -0.15) is 0 Å². The molecule has 2 aromatic rings. The van der Waals surface area contributed by atoms with E-state index in [9.17, 15) is 8.78 Å². The van der Waals surface area contributed by atoms with Crippen LogP contribution in [0.3, 0.4) is 0 Å². The molecule has 0 amide bonds. The van der Waals surface area contributed by atoms with E-state index in [1.165, 1.54) is 17.4 Å². The van der Waals surface area contributed by atoms with Crippen LogP contribution in [0.2, 0.25) is 4.34 Å². The number of benzene rings is 1.